The van der Waals surface area contributed by atoms with Gasteiger partial charge in [-0.25, -0.2) is 0 Å². The maximum atomic E-state index is 8.25. The molecule has 0 saturated carbocycles. The monoisotopic (exact) mass is 68.0 g/mol. The Morgan fingerprint density at radius 3 is 1.60 bits per heavy atom. The number of hydrogen-bond acceptors (Lipinski definition) is 2. The summed E-state index contributed by atoms with van der Waals surface area (Å²) in [7, 11) is -0.500. The maximum Gasteiger partial charge on any atom is 1.00 e. The van der Waals surface area contributed by atoms with Gasteiger partial charge in [0, 0.05) is 0 Å². The van der Waals surface area contributed by atoms with Crippen molar-refractivity contribution in [1.29, 1.82) is 0 Å². The molecule has 5 heteroatoms. The predicted molar refractivity (Wildman–Crippen MR) is 10.1 cm³/mol. The molecule has 0 rings (SSSR count). The van der Waals surface area contributed by atoms with Gasteiger partial charge in [0.1, 0.15) is 0 Å². The third kappa shape index (κ3) is 422. The number of hydrogen-bond donors (Lipinski definition) is 0. The zero-order valence-corrected chi connectivity index (χ0v) is 2.89. The Hall–Kier alpha value is 0.222. The molecule has 5 heavy (non-hydrogen) atoms. The molecule has 24 valence electrons. The zero-order valence-electron chi connectivity index (χ0n) is 2.89. The van der Waals surface area contributed by atoms with Gasteiger partial charge in [0.2, 0.25) is 0 Å². The second-order valence-corrected chi connectivity index (χ2v) is 0.0962. The Labute approximate surface area is 42.1 Å². The Morgan fingerprint density at radius 2 is 1.60 bits per heavy atom. The summed E-state index contributed by atoms with van der Waals surface area (Å²) >= 11 is 0. The van der Waals surface area contributed by atoms with Gasteiger partial charge in [0.15, 0.2) is 0 Å². The van der Waals surface area contributed by atoms with E-state index in [0.29, 0.717) is 0 Å². The van der Waals surface area contributed by atoms with Gasteiger partial charge in [0.05, 0.1) is 0 Å². The van der Waals surface area contributed by atoms with Gasteiger partial charge in [-0.05, 0) is 0 Å². The van der Waals surface area contributed by atoms with Gasteiger partial charge in [0.25, 0.3) is 0 Å². The molecule has 2 N–H and O–H groups in total. The van der Waals surface area contributed by atoms with Crippen LogP contribution in [0.25, 0.3) is 0 Å². The van der Waals surface area contributed by atoms with Crippen LogP contribution >= 0.6 is 0 Å². The van der Waals surface area contributed by atoms with Gasteiger partial charge < -0.3 is 5.48 Å². The van der Waals surface area contributed by atoms with Crippen LogP contribution in [0.15, 0.2) is 0 Å². The summed E-state index contributed by atoms with van der Waals surface area (Å²) in [4.78, 5) is 0. The van der Waals surface area contributed by atoms with Gasteiger partial charge in [-0.3, -0.25) is 0 Å². The van der Waals surface area contributed by atoms with Gasteiger partial charge in [-0.1, -0.05) is 0 Å². The van der Waals surface area contributed by atoms with Gasteiger partial charge >= 0.3 is 35.9 Å². The first-order valence-electron chi connectivity index (χ1n) is 0.471. The summed E-state index contributed by atoms with van der Waals surface area (Å²) < 4.78 is 8.25. The molecule has 0 unspecified atom stereocenters. The fourth-order valence-electron chi connectivity index (χ4n) is 0. The summed E-state index contributed by atoms with van der Waals surface area (Å²) in [6.45, 7) is 0. The molecule has 0 saturated heterocycles. The van der Waals surface area contributed by atoms with Crippen LogP contribution in [0.3, 0.4) is 0 Å². The van der Waals surface area contributed by atoms with Crippen molar-refractivity contribution in [2.24, 2.45) is 0 Å². The molecular formula is H2BLiO3. The minimum Gasteiger partial charge on any atom is 1.00 e. The average molecular weight is 67.8 g/mol. The van der Waals surface area contributed by atoms with Crippen LogP contribution < -0.4 is 23.9 Å². The molecule has 0 aliphatic heterocycles. The van der Waals surface area contributed by atoms with E-state index in [4.69, 9.17) is 9.73 Å². The average Bonchev–Trinajstić information content (AvgIpc) is 0.918. The SMILES string of the molecule is O.O=B[O-].[Li+]. The molecule has 0 atom stereocenters. The van der Waals surface area contributed by atoms with Crippen molar-refractivity contribution in [3.05, 3.63) is 0 Å². The summed E-state index contributed by atoms with van der Waals surface area (Å²) in [6.07, 6.45) is 0. The molecule has 0 bridgehead atoms. The summed E-state index contributed by atoms with van der Waals surface area (Å²) in [5.74, 6) is 0. The van der Waals surface area contributed by atoms with Crippen molar-refractivity contribution in [2.45, 2.75) is 0 Å². The van der Waals surface area contributed by atoms with E-state index in [1.807, 2.05) is 0 Å². The Morgan fingerprint density at radius 1 is 1.60 bits per heavy atom. The quantitative estimate of drug-likeness (QED) is 0.265. The van der Waals surface area contributed by atoms with Crippen LogP contribution in [0.5, 0.6) is 0 Å². The largest absolute Gasteiger partial charge is 1.00 e. The number of rotatable bonds is 0. The van der Waals surface area contributed by atoms with E-state index in [-0.39, 0.29) is 24.3 Å². The molecule has 0 aromatic carbocycles. The molecule has 0 amide bonds. The summed E-state index contributed by atoms with van der Waals surface area (Å²) in [6, 6.07) is 0. The minimum absolute atomic E-state index is 0. The van der Waals surface area contributed by atoms with Crippen molar-refractivity contribution in [3.63, 3.8) is 0 Å². The molecule has 0 radical (unpaired) electrons. The second-order valence-electron chi connectivity index (χ2n) is 0.0962. The van der Waals surface area contributed by atoms with Crippen LogP contribution in [0.4, 0.5) is 0 Å². The van der Waals surface area contributed by atoms with Crippen molar-refractivity contribution < 1.29 is 34.1 Å². The molecule has 0 heterocycles. The van der Waals surface area contributed by atoms with Crippen molar-refractivity contribution >= 4 is 7.35 Å². The van der Waals surface area contributed by atoms with E-state index < -0.39 is 7.35 Å². The van der Waals surface area contributed by atoms with E-state index in [1.54, 1.807) is 0 Å². The Balaban J connectivity index is -0.0000000200. The van der Waals surface area contributed by atoms with Crippen LogP contribution in [0.2, 0.25) is 0 Å². The normalized spacial score (nSPS) is 1.60. The predicted octanol–water partition coefficient (Wildman–Crippen LogP) is -5.51. The standard InChI is InChI=1S/BO2.Li.H2O/c2-1-3;;/h;;1H2/q-1;+1;. The topological polar surface area (TPSA) is 71.6 Å². The van der Waals surface area contributed by atoms with Gasteiger partial charge in [-0.15, -0.1) is 0 Å². The molecule has 0 aliphatic rings. The van der Waals surface area contributed by atoms with Crippen LogP contribution in [-0.4, -0.2) is 12.8 Å². The fraction of sp³-hybridized carbons (Fsp3) is 0. The molecule has 0 aliphatic carbocycles. The van der Waals surface area contributed by atoms with E-state index >= 15 is 0 Å². The van der Waals surface area contributed by atoms with Crippen molar-refractivity contribution in [3.8, 4) is 0 Å². The summed E-state index contributed by atoms with van der Waals surface area (Å²) in [5.41, 5.74) is 0. The molecule has 0 spiro atoms. The third-order valence-electron chi connectivity index (χ3n) is 0. The van der Waals surface area contributed by atoms with Crippen molar-refractivity contribution in [2.75, 3.05) is 0 Å². The van der Waals surface area contributed by atoms with Crippen LogP contribution in [-0.2, 0) is 4.70 Å². The molecule has 3 nitrogen and oxygen atoms in total. The first-order chi connectivity index (χ1) is 1.41. The minimum atomic E-state index is -0.500. The zero-order chi connectivity index (χ0) is 2.71. The molecule has 0 aromatic heterocycles. The van der Waals surface area contributed by atoms with E-state index in [2.05, 4.69) is 0 Å². The second kappa shape index (κ2) is 29.3. The first kappa shape index (κ1) is 18.9. The van der Waals surface area contributed by atoms with E-state index in [9.17, 15) is 0 Å². The maximum absolute atomic E-state index is 8.25. The Kier molecular flexibility index (Phi) is 111. The van der Waals surface area contributed by atoms with E-state index in [0.717, 1.165) is 0 Å². The molecule has 0 aromatic rings. The third-order valence-corrected chi connectivity index (χ3v) is 0. The Bertz CT molecular complexity index is 14.4. The van der Waals surface area contributed by atoms with Crippen LogP contribution in [0.1, 0.15) is 0 Å². The summed E-state index contributed by atoms with van der Waals surface area (Å²) in [5, 5.41) is 8.25. The van der Waals surface area contributed by atoms with Crippen molar-refractivity contribution in [1.82, 2.24) is 0 Å². The van der Waals surface area contributed by atoms with Gasteiger partial charge in [-0.2, -0.15) is 0 Å². The van der Waals surface area contributed by atoms with E-state index in [1.165, 1.54) is 0 Å². The molecule has 0 fully saturated rings. The molecular weight excluding hydrogens is 65.8 g/mol. The van der Waals surface area contributed by atoms with Crippen LogP contribution in [0, 0.1) is 0 Å². The smallest absolute Gasteiger partial charge is 1.00 e. The first-order valence-corrected chi connectivity index (χ1v) is 0.471. The fourth-order valence-corrected chi connectivity index (χ4v) is 0.